The third kappa shape index (κ3) is 6.06. The molecule has 0 aliphatic heterocycles. The van der Waals surface area contributed by atoms with E-state index >= 15 is 0 Å². The van der Waals surface area contributed by atoms with E-state index < -0.39 is 11.4 Å². The van der Waals surface area contributed by atoms with Crippen molar-refractivity contribution in [3.05, 3.63) is 0 Å². The second kappa shape index (κ2) is 8.40. The number of hydrogen-bond acceptors (Lipinski definition) is 2. The van der Waals surface area contributed by atoms with Crippen molar-refractivity contribution in [2.24, 2.45) is 11.3 Å². The summed E-state index contributed by atoms with van der Waals surface area (Å²) < 4.78 is 0. The number of carboxylic acids is 1. The zero-order chi connectivity index (χ0) is 15.9. The van der Waals surface area contributed by atoms with Gasteiger partial charge in [0.25, 0.3) is 0 Å². The first-order valence-corrected chi connectivity index (χ1v) is 8.38. The molecule has 4 heteroatoms. The van der Waals surface area contributed by atoms with Gasteiger partial charge < -0.3 is 10.4 Å². The summed E-state index contributed by atoms with van der Waals surface area (Å²) in [5.74, 6) is -0.216. The van der Waals surface area contributed by atoms with Crippen molar-refractivity contribution < 1.29 is 14.7 Å². The highest BCUT2D eigenvalue weighted by Crippen LogP contribution is 2.39. The minimum absolute atomic E-state index is 0.101. The van der Waals surface area contributed by atoms with Crippen LogP contribution in [-0.2, 0) is 9.59 Å². The molecule has 0 aromatic heterocycles. The van der Waals surface area contributed by atoms with Gasteiger partial charge >= 0.3 is 5.97 Å². The lowest BCUT2D eigenvalue weighted by Gasteiger charge is -2.32. The van der Waals surface area contributed by atoms with Gasteiger partial charge in [-0.25, -0.2) is 0 Å². The van der Waals surface area contributed by atoms with E-state index in [-0.39, 0.29) is 18.4 Å². The van der Waals surface area contributed by atoms with E-state index in [1.807, 2.05) is 6.92 Å². The van der Waals surface area contributed by atoms with Crippen LogP contribution in [0.1, 0.15) is 78.6 Å². The van der Waals surface area contributed by atoms with Crippen molar-refractivity contribution in [3.8, 4) is 0 Å². The number of nitrogens with one attached hydrogen (secondary N) is 1. The molecule has 2 N–H and O–H groups in total. The van der Waals surface area contributed by atoms with Gasteiger partial charge in [-0.05, 0) is 32.1 Å². The summed E-state index contributed by atoms with van der Waals surface area (Å²) in [6.07, 6.45) is 7.56. The van der Waals surface area contributed by atoms with Crippen LogP contribution in [-0.4, -0.2) is 23.0 Å². The van der Waals surface area contributed by atoms with E-state index in [9.17, 15) is 14.7 Å². The first-order chi connectivity index (χ1) is 9.85. The largest absolute Gasteiger partial charge is 0.481 e. The number of carbonyl (C=O) groups excluding carboxylic acids is 1. The van der Waals surface area contributed by atoms with E-state index in [1.165, 1.54) is 6.42 Å². The fraction of sp³-hybridized carbons (Fsp3) is 0.882. The van der Waals surface area contributed by atoms with Crippen LogP contribution in [0.5, 0.6) is 0 Å². The highest BCUT2D eigenvalue weighted by molar-refractivity contribution is 5.85. The Balaban J connectivity index is 2.41. The average molecular weight is 297 g/mol. The van der Waals surface area contributed by atoms with Crippen molar-refractivity contribution in [1.82, 2.24) is 5.32 Å². The van der Waals surface area contributed by atoms with Crippen LogP contribution in [0.3, 0.4) is 0 Å². The lowest BCUT2D eigenvalue weighted by atomic mass is 9.71. The molecule has 0 saturated heterocycles. The van der Waals surface area contributed by atoms with Crippen LogP contribution >= 0.6 is 0 Å². The van der Waals surface area contributed by atoms with Crippen LogP contribution in [0, 0.1) is 11.3 Å². The zero-order valence-electron chi connectivity index (χ0n) is 13.8. The predicted molar refractivity (Wildman–Crippen MR) is 84.1 cm³/mol. The van der Waals surface area contributed by atoms with Gasteiger partial charge in [-0.3, -0.25) is 9.59 Å². The molecule has 0 spiro atoms. The Bertz CT molecular complexity index is 346. The molecular weight excluding hydrogens is 266 g/mol. The van der Waals surface area contributed by atoms with Gasteiger partial charge in [-0.15, -0.1) is 0 Å². The summed E-state index contributed by atoms with van der Waals surface area (Å²) in [6, 6.07) is 0.130. The summed E-state index contributed by atoms with van der Waals surface area (Å²) in [7, 11) is 0. The Morgan fingerprint density at radius 3 is 2.24 bits per heavy atom. The second-order valence-electron chi connectivity index (χ2n) is 7.12. The molecule has 0 heterocycles. The van der Waals surface area contributed by atoms with Crippen molar-refractivity contribution in [3.63, 3.8) is 0 Å². The minimum Gasteiger partial charge on any atom is -0.481 e. The molecule has 0 aromatic rings. The lowest BCUT2D eigenvalue weighted by molar-refractivity contribution is -0.154. The maximum absolute atomic E-state index is 12.2. The number of amides is 1. The highest BCUT2D eigenvalue weighted by atomic mass is 16.4. The zero-order valence-corrected chi connectivity index (χ0v) is 13.8. The number of aliphatic carboxylic acids is 1. The minimum atomic E-state index is -0.819. The van der Waals surface area contributed by atoms with Crippen LogP contribution in [0.2, 0.25) is 0 Å². The standard InChI is InChI=1S/C17H31NO3/c1-13(2)8-7-9-14(3)18-15(19)12-17(16(20)21)10-5-4-6-11-17/h13-14H,4-12H2,1-3H3,(H,18,19)(H,20,21). The Morgan fingerprint density at radius 2 is 1.71 bits per heavy atom. The normalized spacial score (nSPS) is 19.2. The maximum atomic E-state index is 12.2. The number of carboxylic acid groups (broad SMARTS) is 1. The van der Waals surface area contributed by atoms with Crippen LogP contribution in [0.4, 0.5) is 0 Å². The summed E-state index contributed by atoms with van der Waals surface area (Å²) in [5, 5.41) is 12.5. The number of carbonyl (C=O) groups is 2. The van der Waals surface area contributed by atoms with E-state index in [1.54, 1.807) is 0 Å². The first-order valence-electron chi connectivity index (χ1n) is 8.38. The molecule has 0 bridgehead atoms. The number of rotatable bonds is 8. The third-order valence-corrected chi connectivity index (χ3v) is 4.59. The molecule has 4 nitrogen and oxygen atoms in total. The summed E-state index contributed by atoms with van der Waals surface area (Å²) in [6.45, 7) is 6.40. The fourth-order valence-electron chi connectivity index (χ4n) is 3.23. The monoisotopic (exact) mass is 297 g/mol. The van der Waals surface area contributed by atoms with Gasteiger partial charge in [-0.2, -0.15) is 0 Å². The second-order valence-corrected chi connectivity index (χ2v) is 7.12. The molecule has 1 aliphatic rings. The van der Waals surface area contributed by atoms with Crippen LogP contribution in [0.25, 0.3) is 0 Å². The molecule has 0 aromatic carbocycles. The molecular formula is C17H31NO3. The van der Waals surface area contributed by atoms with Crippen LogP contribution < -0.4 is 5.32 Å². The highest BCUT2D eigenvalue weighted by Gasteiger charge is 2.41. The first kappa shape index (κ1) is 18.0. The molecule has 122 valence electrons. The topological polar surface area (TPSA) is 66.4 Å². The van der Waals surface area contributed by atoms with Crippen LogP contribution in [0.15, 0.2) is 0 Å². The van der Waals surface area contributed by atoms with Gasteiger partial charge in [0.2, 0.25) is 5.91 Å². The Kier molecular flexibility index (Phi) is 7.20. The summed E-state index contributed by atoms with van der Waals surface area (Å²) in [5.41, 5.74) is -0.819. The van der Waals surface area contributed by atoms with Gasteiger partial charge in [0.15, 0.2) is 0 Å². The molecule has 0 radical (unpaired) electrons. The van der Waals surface area contributed by atoms with Gasteiger partial charge in [-0.1, -0.05) is 46.0 Å². The van der Waals surface area contributed by atoms with Crippen molar-refractivity contribution in [2.75, 3.05) is 0 Å². The predicted octanol–water partition coefficient (Wildman–Crippen LogP) is 3.74. The molecule has 1 amide bonds. The quantitative estimate of drug-likeness (QED) is 0.717. The lowest BCUT2D eigenvalue weighted by Crippen LogP contribution is -2.41. The van der Waals surface area contributed by atoms with Crippen molar-refractivity contribution in [2.45, 2.75) is 84.6 Å². The fourth-order valence-corrected chi connectivity index (χ4v) is 3.23. The van der Waals surface area contributed by atoms with Crippen molar-refractivity contribution >= 4 is 11.9 Å². The molecule has 1 rings (SSSR count). The number of hydrogen-bond donors (Lipinski definition) is 2. The van der Waals surface area contributed by atoms with Crippen molar-refractivity contribution in [1.29, 1.82) is 0 Å². The summed E-state index contributed by atoms with van der Waals surface area (Å²) >= 11 is 0. The smallest absolute Gasteiger partial charge is 0.310 e. The summed E-state index contributed by atoms with van der Waals surface area (Å²) in [4.78, 5) is 23.7. The Morgan fingerprint density at radius 1 is 1.10 bits per heavy atom. The van der Waals surface area contributed by atoms with E-state index in [0.717, 1.165) is 32.1 Å². The SMILES string of the molecule is CC(C)CCCC(C)NC(=O)CC1(C(=O)O)CCCCC1. The Hall–Kier alpha value is -1.06. The molecule has 1 atom stereocenters. The van der Waals surface area contributed by atoms with E-state index in [2.05, 4.69) is 19.2 Å². The van der Waals surface area contributed by atoms with Gasteiger partial charge in [0.1, 0.15) is 0 Å². The van der Waals surface area contributed by atoms with Gasteiger partial charge in [0.05, 0.1) is 5.41 Å². The molecule has 1 fully saturated rings. The molecule has 1 unspecified atom stereocenters. The average Bonchev–Trinajstić information content (AvgIpc) is 2.38. The molecule has 1 aliphatic carbocycles. The Labute approximate surface area is 128 Å². The molecule has 21 heavy (non-hydrogen) atoms. The van der Waals surface area contributed by atoms with E-state index in [4.69, 9.17) is 0 Å². The maximum Gasteiger partial charge on any atom is 0.310 e. The van der Waals surface area contributed by atoms with E-state index in [0.29, 0.717) is 18.8 Å². The van der Waals surface area contributed by atoms with Gasteiger partial charge in [0, 0.05) is 12.5 Å². The molecule has 1 saturated carbocycles. The third-order valence-electron chi connectivity index (χ3n) is 4.59.